The van der Waals surface area contributed by atoms with E-state index in [4.69, 9.17) is 15.2 Å². The Morgan fingerprint density at radius 1 is 1.11 bits per heavy atom. The van der Waals surface area contributed by atoms with Gasteiger partial charge in [0.2, 0.25) is 5.91 Å². The van der Waals surface area contributed by atoms with E-state index in [9.17, 15) is 4.79 Å². The van der Waals surface area contributed by atoms with E-state index in [-0.39, 0.29) is 5.91 Å². The summed E-state index contributed by atoms with van der Waals surface area (Å²) < 4.78 is 10.7. The van der Waals surface area contributed by atoms with Crippen molar-refractivity contribution in [2.75, 3.05) is 46.6 Å². The average Bonchev–Trinajstić information content (AvgIpc) is 2.38. The van der Waals surface area contributed by atoms with E-state index >= 15 is 0 Å². The number of nitrogens with two attached hydrogens (primary N) is 1. The highest BCUT2D eigenvalue weighted by molar-refractivity contribution is 5.75. The van der Waals surface area contributed by atoms with Gasteiger partial charge in [0.15, 0.2) is 0 Å². The maximum absolute atomic E-state index is 11.6. The lowest BCUT2D eigenvalue weighted by atomic mass is 10.3. The third-order valence-electron chi connectivity index (χ3n) is 2.60. The number of ether oxygens (including phenoxy) is 2. The lowest BCUT2D eigenvalue weighted by Crippen LogP contribution is -2.29. The second kappa shape index (κ2) is 12.8. The zero-order valence-electron chi connectivity index (χ0n) is 11.8. The lowest BCUT2D eigenvalue weighted by Gasteiger charge is -2.16. The van der Waals surface area contributed by atoms with Gasteiger partial charge < -0.3 is 20.1 Å². The Balaban J connectivity index is 3.29. The van der Waals surface area contributed by atoms with Crippen molar-refractivity contribution in [3.63, 3.8) is 0 Å². The van der Waals surface area contributed by atoms with E-state index in [1.165, 1.54) is 0 Å². The molecule has 108 valence electrons. The summed E-state index contributed by atoms with van der Waals surface area (Å²) in [5.74, 6) is 0.107. The fourth-order valence-electron chi connectivity index (χ4n) is 1.37. The number of rotatable bonds is 12. The molecule has 0 saturated carbocycles. The third kappa shape index (κ3) is 10.5. The summed E-state index contributed by atoms with van der Waals surface area (Å²) in [5, 5.41) is 0. The number of amides is 1. The molecule has 0 aliphatic carbocycles. The minimum atomic E-state index is 0.107. The minimum Gasteiger partial charge on any atom is -0.379 e. The number of hydrogen-bond acceptors (Lipinski definition) is 4. The molecule has 0 saturated heterocycles. The highest BCUT2D eigenvalue weighted by atomic mass is 16.5. The molecule has 2 N–H and O–H groups in total. The number of unbranched alkanes of at least 4 members (excludes halogenated alkanes) is 1. The normalized spacial score (nSPS) is 10.6. The summed E-state index contributed by atoms with van der Waals surface area (Å²) in [7, 11) is 1.80. The first kappa shape index (κ1) is 17.4. The van der Waals surface area contributed by atoms with Crippen LogP contribution in [0.2, 0.25) is 0 Å². The summed E-state index contributed by atoms with van der Waals surface area (Å²) in [6.07, 6.45) is 3.50. The van der Waals surface area contributed by atoms with Crippen molar-refractivity contribution >= 4 is 5.91 Å². The van der Waals surface area contributed by atoms with Crippen LogP contribution in [0, 0.1) is 0 Å². The highest BCUT2D eigenvalue weighted by Crippen LogP contribution is 1.94. The van der Waals surface area contributed by atoms with Gasteiger partial charge in [-0.1, -0.05) is 13.3 Å². The minimum absolute atomic E-state index is 0.107. The topological polar surface area (TPSA) is 64.8 Å². The fraction of sp³-hybridized carbons (Fsp3) is 0.923. The van der Waals surface area contributed by atoms with Crippen LogP contribution >= 0.6 is 0 Å². The number of carbonyl (C=O) groups excluding carboxylic acids is 1. The third-order valence-corrected chi connectivity index (χ3v) is 2.60. The Labute approximate surface area is 111 Å². The molecule has 0 spiro atoms. The van der Waals surface area contributed by atoms with Crippen molar-refractivity contribution in [1.82, 2.24) is 4.90 Å². The van der Waals surface area contributed by atoms with Crippen LogP contribution in [0.3, 0.4) is 0 Å². The fourth-order valence-corrected chi connectivity index (χ4v) is 1.37. The van der Waals surface area contributed by atoms with Crippen LogP contribution < -0.4 is 5.73 Å². The van der Waals surface area contributed by atoms with E-state index in [2.05, 4.69) is 6.92 Å². The molecule has 0 aromatic rings. The van der Waals surface area contributed by atoms with E-state index in [1.807, 2.05) is 0 Å². The van der Waals surface area contributed by atoms with Gasteiger partial charge in [0.25, 0.3) is 0 Å². The van der Waals surface area contributed by atoms with Crippen molar-refractivity contribution in [3.8, 4) is 0 Å². The van der Waals surface area contributed by atoms with Gasteiger partial charge >= 0.3 is 0 Å². The summed E-state index contributed by atoms with van der Waals surface area (Å²) in [6.45, 7) is 5.88. The van der Waals surface area contributed by atoms with E-state index in [0.29, 0.717) is 32.8 Å². The molecule has 0 aromatic carbocycles. The highest BCUT2D eigenvalue weighted by Gasteiger charge is 2.07. The van der Waals surface area contributed by atoms with Crippen molar-refractivity contribution < 1.29 is 14.3 Å². The molecular formula is C13H28N2O3. The second-order valence-corrected chi connectivity index (χ2v) is 4.29. The summed E-state index contributed by atoms with van der Waals surface area (Å²) in [4.78, 5) is 13.3. The first-order chi connectivity index (χ1) is 8.72. The zero-order valence-corrected chi connectivity index (χ0v) is 11.8. The van der Waals surface area contributed by atoms with Crippen molar-refractivity contribution in [2.24, 2.45) is 5.73 Å². The molecule has 0 fully saturated rings. The smallest absolute Gasteiger partial charge is 0.224 e. The summed E-state index contributed by atoms with van der Waals surface area (Å²) in [5.41, 5.74) is 5.39. The van der Waals surface area contributed by atoms with Gasteiger partial charge in [-0.05, 0) is 19.4 Å². The van der Waals surface area contributed by atoms with Gasteiger partial charge in [-0.2, -0.15) is 0 Å². The predicted molar refractivity (Wildman–Crippen MR) is 72.5 cm³/mol. The van der Waals surface area contributed by atoms with E-state index < -0.39 is 0 Å². The Morgan fingerprint density at radius 2 is 1.78 bits per heavy atom. The number of carbonyl (C=O) groups is 1. The molecule has 18 heavy (non-hydrogen) atoms. The Kier molecular flexibility index (Phi) is 12.3. The Bertz CT molecular complexity index is 201. The molecule has 0 aromatic heterocycles. The predicted octanol–water partition coefficient (Wildman–Crippen LogP) is 1.02. The van der Waals surface area contributed by atoms with Gasteiger partial charge in [-0.25, -0.2) is 0 Å². The van der Waals surface area contributed by atoms with Crippen molar-refractivity contribution in [3.05, 3.63) is 0 Å². The van der Waals surface area contributed by atoms with Crippen LogP contribution in [-0.2, 0) is 14.3 Å². The standard InChI is InChI=1S/C13H28N2O3/c1-3-4-9-17-11-12-18-10-6-13(16)15(2)8-5-7-14/h3-12,14H2,1-2H3. The Hall–Kier alpha value is -0.650. The molecular weight excluding hydrogens is 232 g/mol. The molecule has 0 aliphatic heterocycles. The Morgan fingerprint density at radius 3 is 2.39 bits per heavy atom. The molecule has 0 unspecified atom stereocenters. The van der Waals surface area contributed by atoms with Gasteiger partial charge in [-0.3, -0.25) is 4.79 Å². The largest absolute Gasteiger partial charge is 0.379 e. The van der Waals surface area contributed by atoms with Gasteiger partial charge in [0.05, 0.1) is 26.2 Å². The quantitative estimate of drug-likeness (QED) is 0.532. The molecule has 1 amide bonds. The monoisotopic (exact) mass is 260 g/mol. The first-order valence-corrected chi connectivity index (χ1v) is 6.81. The lowest BCUT2D eigenvalue weighted by molar-refractivity contribution is -0.131. The molecule has 0 rings (SSSR count). The van der Waals surface area contributed by atoms with Crippen LogP contribution in [0.15, 0.2) is 0 Å². The molecule has 0 bridgehead atoms. The molecule has 0 radical (unpaired) electrons. The van der Waals surface area contributed by atoms with Gasteiger partial charge in [-0.15, -0.1) is 0 Å². The van der Waals surface area contributed by atoms with E-state index in [0.717, 1.165) is 32.4 Å². The zero-order chi connectivity index (χ0) is 13.6. The maximum atomic E-state index is 11.6. The van der Waals surface area contributed by atoms with Crippen molar-refractivity contribution in [1.29, 1.82) is 0 Å². The van der Waals surface area contributed by atoms with Crippen LogP contribution in [-0.4, -0.2) is 57.4 Å². The molecule has 0 heterocycles. The molecule has 5 nitrogen and oxygen atoms in total. The second-order valence-electron chi connectivity index (χ2n) is 4.29. The van der Waals surface area contributed by atoms with Crippen LogP contribution in [0.25, 0.3) is 0 Å². The first-order valence-electron chi connectivity index (χ1n) is 6.81. The molecule has 0 atom stereocenters. The molecule has 5 heteroatoms. The number of nitrogens with zero attached hydrogens (tertiary/aromatic N) is 1. The van der Waals surface area contributed by atoms with Crippen LogP contribution in [0.5, 0.6) is 0 Å². The summed E-state index contributed by atoms with van der Waals surface area (Å²) in [6, 6.07) is 0. The van der Waals surface area contributed by atoms with Crippen LogP contribution in [0.4, 0.5) is 0 Å². The van der Waals surface area contributed by atoms with E-state index in [1.54, 1.807) is 11.9 Å². The van der Waals surface area contributed by atoms with Crippen molar-refractivity contribution in [2.45, 2.75) is 32.6 Å². The van der Waals surface area contributed by atoms with Gasteiger partial charge in [0.1, 0.15) is 0 Å². The number of hydrogen-bond donors (Lipinski definition) is 1. The SMILES string of the molecule is CCCCOCCOCCC(=O)N(C)CCCN. The molecule has 0 aliphatic rings. The van der Waals surface area contributed by atoms with Crippen LogP contribution in [0.1, 0.15) is 32.6 Å². The van der Waals surface area contributed by atoms with Gasteiger partial charge in [0, 0.05) is 20.2 Å². The summed E-state index contributed by atoms with van der Waals surface area (Å²) >= 11 is 0. The maximum Gasteiger partial charge on any atom is 0.224 e. The average molecular weight is 260 g/mol.